The van der Waals surface area contributed by atoms with Crippen LogP contribution in [0.5, 0.6) is 11.5 Å². The molecule has 22 heavy (non-hydrogen) atoms. The van der Waals surface area contributed by atoms with Gasteiger partial charge in [-0.2, -0.15) is 0 Å². The molecule has 0 saturated carbocycles. The van der Waals surface area contributed by atoms with Gasteiger partial charge in [0.2, 0.25) is 0 Å². The highest BCUT2D eigenvalue weighted by molar-refractivity contribution is 7.80. The molecular formula is C18H21NO2S. The average Bonchev–Trinajstić information content (AvgIpc) is 2.56. The molecule has 0 aliphatic rings. The molecule has 116 valence electrons. The summed E-state index contributed by atoms with van der Waals surface area (Å²) < 4.78 is 10.8. The predicted molar refractivity (Wildman–Crippen MR) is 94.0 cm³/mol. The largest absolute Gasteiger partial charge is 0.497 e. The third-order valence-electron chi connectivity index (χ3n) is 3.29. The maximum Gasteiger partial charge on any atom is 0.129 e. The van der Waals surface area contributed by atoms with Gasteiger partial charge in [-0.3, -0.25) is 0 Å². The number of hydrogen-bond donors (Lipinski definition) is 1. The second kappa shape index (κ2) is 8.39. The summed E-state index contributed by atoms with van der Waals surface area (Å²) in [4.78, 5) is 0.720. The summed E-state index contributed by atoms with van der Waals surface area (Å²) in [5, 5.41) is 3.30. The molecule has 0 spiro atoms. The van der Waals surface area contributed by atoms with Crippen LogP contribution in [-0.2, 0) is 6.42 Å². The van der Waals surface area contributed by atoms with Crippen molar-refractivity contribution in [1.29, 1.82) is 0 Å². The van der Waals surface area contributed by atoms with Crippen molar-refractivity contribution in [3.05, 3.63) is 59.7 Å². The van der Waals surface area contributed by atoms with Crippen LogP contribution < -0.4 is 14.8 Å². The van der Waals surface area contributed by atoms with Crippen molar-refractivity contribution in [3.63, 3.8) is 0 Å². The number of methoxy groups -OCH3 is 1. The van der Waals surface area contributed by atoms with Crippen LogP contribution >= 0.6 is 12.2 Å². The molecule has 0 atom stereocenters. The van der Waals surface area contributed by atoms with E-state index < -0.39 is 0 Å². The van der Waals surface area contributed by atoms with Crippen molar-refractivity contribution >= 4 is 17.2 Å². The first-order valence-electron chi connectivity index (χ1n) is 7.37. The molecule has 2 aromatic rings. The molecule has 0 amide bonds. The van der Waals surface area contributed by atoms with Crippen LogP contribution in [0.2, 0.25) is 0 Å². The lowest BCUT2D eigenvalue weighted by molar-refractivity contribution is 0.339. The molecule has 4 heteroatoms. The minimum absolute atomic E-state index is 0.630. The Morgan fingerprint density at radius 2 is 1.82 bits per heavy atom. The highest BCUT2D eigenvalue weighted by Gasteiger charge is 2.07. The number of para-hydroxylation sites is 1. The first kappa shape index (κ1) is 16.3. The van der Waals surface area contributed by atoms with Gasteiger partial charge in [0, 0.05) is 6.54 Å². The summed E-state index contributed by atoms with van der Waals surface area (Å²) in [6.07, 6.45) is 0.904. The van der Waals surface area contributed by atoms with Gasteiger partial charge in [0.15, 0.2) is 0 Å². The Labute approximate surface area is 137 Å². The van der Waals surface area contributed by atoms with Crippen molar-refractivity contribution < 1.29 is 9.47 Å². The maximum atomic E-state index is 5.61. The Bertz CT molecular complexity index is 611. The first-order valence-corrected chi connectivity index (χ1v) is 7.78. The number of rotatable bonds is 7. The van der Waals surface area contributed by atoms with Crippen LogP contribution in [0.1, 0.15) is 18.1 Å². The SMILES string of the molecule is CCOc1ccccc1C(=S)NCCc1ccc(OC)cc1. The van der Waals surface area contributed by atoms with Crippen LogP contribution in [0.3, 0.4) is 0 Å². The second-order valence-corrected chi connectivity index (χ2v) is 5.19. The molecule has 0 bridgehead atoms. The zero-order valence-electron chi connectivity index (χ0n) is 13.0. The lowest BCUT2D eigenvalue weighted by Gasteiger charge is -2.12. The Kier molecular flexibility index (Phi) is 6.22. The summed E-state index contributed by atoms with van der Waals surface area (Å²) in [6, 6.07) is 15.9. The van der Waals surface area contributed by atoms with Crippen LogP contribution in [-0.4, -0.2) is 25.2 Å². The Morgan fingerprint density at radius 3 is 2.50 bits per heavy atom. The highest BCUT2D eigenvalue weighted by atomic mass is 32.1. The quantitative estimate of drug-likeness (QED) is 0.791. The Morgan fingerprint density at radius 1 is 1.09 bits per heavy atom. The second-order valence-electron chi connectivity index (χ2n) is 4.78. The van der Waals surface area contributed by atoms with Gasteiger partial charge in [0.1, 0.15) is 16.5 Å². The highest BCUT2D eigenvalue weighted by Crippen LogP contribution is 2.18. The summed E-state index contributed by atoms with van der Waals surface area (Å²) in [5.41, 5.74) is 2.18. The molecule has 0 unspecified atom stereocenters. The fourth-order valence-corrected chi connectivity index (χ4v) is 2.41. The monoisotopic (exact) mass is 315 g/mol. The van der Waals surface area contributed by atoms with Gasteiger partial charge in [-0.15, -0.1) is 0 Å². The fraction of sp³-hybridized carbons (Fsp3) is 0.278. The molecule has 3 nitrogen and oxygen atoms in total. The third kappa shape index (κ3) is 4.46. The van der Waals surface area contributed by atoms with E-state index >= 15 is 0 Å². The molecule has 0 fully saturated rings. The molecule has 2 aromatic carbocycles. The lowest BCUT2D eigenvalue weighted by Crippen LogP contribution is -2.25. The topological polar surface area (TPSA) is 30.5 Å². The van der Waals surface area contributed by atoms with Crippen molar-refractivity contribution in [1.82, 2.24) is 5.32 Å². The smallest absolute Gasteiger partial charge is 0.129 e. The molecule has 1 N–H and O–H groups in total. The fourth-order valence-electron chi connectivity index (χ4n) is 2.14. The van der Waals surface area contributed by atoms with Gasteiger partial charge < -0.3 is 14.8 Å². The van der Waals surface area contributed by atoms with Gasteiger partial charge in [-0.05, 0) is 43.2 Å². The van der Waals surface area contributed by atoms with Gasteiger partial charge in [-0.25, -0.2) is 0 Å². The molecule has 0 aliphatic carbocycles. The van der Waals surface area contributed by atoms with Crippen molar-refractivity contribution in [2.45, 2.75) is 13.3 Å². The normalized spacial score (nSPS) is 10.1. The van der Waals surface area contributed by atoms with Crippen molar-refractivity contribution in [2.75, 3.05) is 20.3 Å². The minimum atomic E-state index is 0.630. The molecule has 0 aromatic heterocycles. The maximum absolute atomic E-state index is 5.61. The van der Waals surface area contributed by atoms with Crippen LogP contribution in [0, 0.1) is 0 Å². The predicted octanol–water partition coefficient (Wildman–Crippen LogP) is 3.60. The zero-order valence-corrected chi connectivity index (χ0v) is 13.8. The molecule has 0 saturated heterocycles. The molecule has 0 aliphatic heterocycles. The van der Waals surface area contributed by atoms with Crippen molar-refractivity contribution in [2.24, 2.45) is 0 Å². The van der Waals surface area contributed by atoms with E-state index in [-0.39, 0.29) is 0 Å². The van der Waals surface area contributed by atoms with Gasteiger partial charge >= 0.3 is 0 Å². The molecule has 0 radical (unpaired) electrons. The van der Waals surface area contributed by atoms with E-state index in [0.29, 0.717) is 6.61 Å². The standard InChI is InChI=1S/C18H21NO2S/c1-3-21-17-7-5-4-6-16(17)18(22)19-13-12-14-8-10-15(20-2)11-9-14/h4-11H,3,12-13H2,1-2H3,(H,19,22). The number of benzene rings is 2. The van der Waals surface area contributed by atoms with Gasteiger partial charge in [0.25, 0.3) is 0 Å². The van der Waals surface area contributed by atoms with Crippen LogP contribution in [0.25, 0.3) is 0 Å². The lowest BCUT2D eigenvalue weighted by atomic mass is 10.1. The average molecular weight is 315 g/mol. The Hall–Kier alpha value is -2.07. The van der Waals surface area contributed by atoms with E-state index in [4.69, 9.17) is 21.7 Å². The Balaban J connectivity index is 1.89. The van der Waals surface area contributed by atoms with E-state index in [0.717, 1.165) is 35.0 Å². The summed E-state index contributed by atoms with van der Waals surface area (Å²) in [5.74, 6) is 1.70. The van der Waals surface area contributed by atoms with E-state index in [1.807, 2.05) is 43.3 Å². The van der Waals surface area contributed by atoms with Gasteiger partial charge in [-0.1, -0.05) is 36.5 Å². The number of ether oxygens (including phenoxy) is 2. The zero-order chi connectivity index (χ0) is 15.8. The van der Waals surface area contributed by atoms with E-state index in [2.05, 4.69) is 17.4 Å². The minimum Gasteiger partial charge on any atom is -0.497 e. The number of hydrogen-bond acceptors (Lipinski definition) is 3. The van der Waals surface area contributed by atoms with Gasteiger partial charge in [0.05, 0.1) is 19.3 Å². The summed E-state index contributed by atoms with van der Waals surface area (Å²) >= 11 is 5.47. The summed E-state index contributed by atoms with van der Waals surface area (Å²) in [7, 11) is 1.67. The summed E-state index contributed by atoms with van der Waals surface area (Å²) in [6.45, 7) is 3.38. The van der Waals surface area contributed by atoms with Crippen LogP contribution in [0.15, 0.2) is 48.5 Å². The van der Waals surface area contributed by atoms with Crippen molar-refractivity contribution in [3.8, 4) is 11.5 Å². The first-order chi connectivity index (χ1) is 10.7. The molecule has 2 rings (SSSR count). The van der Waals surface area contributed by atoms with E-state index in [9.17, 15) is 0 Å². The number of nitrogens with one attached hydrogen (secondary N) is 1. The van der Waals surface area contributed by atoms with E-state index in [1.165, 1.54) is 5.56 Å². The molecule has 0 heterocycles. The third-order valence-corrected chi connectivity index (χ3v) is 3.65. The number of thiocarbonyl (C=S) groups is 1. The molecular weight excluding hydrogens is 294 g/mol. The van der Waals surface area contributed by atoms with Crippen LogP contribution in [0.4, 0.5) is 0 Å². The van der Waals surface area contributed by atoms with E-state index in [1.54, 1.807) is 7.11 Å².